The molecule has 1 saturated carbocycles. The van der Waals surface area contributed by atoms with Crippen molar-refractivity contribution in [2.75, 3.05) is 14.1 Å². The van der Waals surface area contributed by atoms with E-state index in [9.17, 15) is 26.4 Å². The fraction of sp³-hybridized carbons (Fsp3) is 0.375. The summed E-state index contributed by atoms with van der Waals surface area (Å²) in [7, 11) is -1.48. The summed E-state index contributed by atoms with van der Waals surface area (Å²) >= 11 is 0. The van der Waals surface area contributed by atoms with Crippen molar-refractivity contribution >= 4 is 16.0 Å². The third-order valence-corrected chi connectivity index (χ3v) is 8.16. The Morgan fingerprint density at radius 1 is 1.09 bits per heavy atom. The first-order chi connectivity index (χ1) is 16.5. The second kappa shape index (κ2) is 9.19. The van der Waals surface area contributed by atoms with Gasteiger partial charge in [0.15, 0.2) is 5.78 Å². The lowest BCUT2D eigenvalue weighted by molar-refractivity contribution is -0.227. The Bertz CT molecular complexity index is 1310. The molecule has 4 rings (SSSR count). The number of pyridine rings is 1. The van der Waals surface area contributed by atoms with Crippen molar-refractivity contribution in [2.24, 2.45) is 5.41 Å². The molecule has 0 amide bonds. The van der Waals surface area contributed by atoms with Crippen molar-refractivity contribution in [1.29, 1.82) is 0 Å². The molecular formula is C24H25F3N4O3S. The van der Waals surface area contributed by atoms with E-state index in [-0.39, 0.29) is 31.5 Å². The minimum Gasteiger partial charge on any atom is -0.291 e. The third kappa shape index (κ3) is 4.62. The van der Waals surface area contributed by atoms with Gasteiger partial charge in [-0.25, -0.2) is 8.96 Å². The molecule has 2 aromatic heterocycles. The molecule has 11 heteroatoms. The average molecular weight is 507 g/mol. The maximum atomic E-state index is 13.7. The first-order valence-corrected chi connectivity index (χ1v) is 12.5. The first kappa shape index (κ1) is 25.1. The number of hydrogen-bond acceptors (Lipinski definition) is 5. The molecule has 3 aromatic rings. The lowest BCUT2D eigenvalue weighted by Gasteiger charge is -2.40. The van der Waals surface area contributed by atoms with Gasteiger partial charge in [-0.1, -0.05) is 36.8 Å². The van der Waals surface area contributed by atoms with Gasteiger partial charge in [-0.2, -0.15) is 25.9 Å². The molecule has 0 aliphatic heterocycles. The Hall–Kier alpha value is -3.05. The molecule has 0 saturated heterocycles. The molecule has 35 heavy (non-hydrogen) atoms. The minimum atomic E-state index is -4.72. The number of hydrogen-bond donors (Lipinski definition) is 0. The second-order valence-corrected chi connectivity index (χ2v) is 10.8. The molecule has 0 spiro atoms. The average Bonchev–Trinajstić information content (AvgIpc) is 3.22. The number of carbonyl (C=O) groups is 1. The van der Waals surface area contributed by atoms with Crippen LogP contribution in [0.4, 0.5) is 13.2 Å². The zero-order valence-corrected chi connectivity index (χ0v) is 20.1. The number of imidazole rings is 1. The number of carbonyl (C=O) groups excluding carboxylic acids is 1. The molecule has 0 atom stereocenters. The fourth-order valence-corrected chi connectivity index (χ4v) is 5.08. The molecule has 1 aromatic carbocycles. The van der Waals surface area contributed by atoms with Crippen LogP contribution in [0, 0.1) is 5.41 Å². The van der Waals surface area contributed by atoms with Gasteiger partial charge in [0.25, 0.3) is 0 Å². The van der Waals surface area contributed by atoms with E-state index in [1.807, 2.05) is 42.5 Å². The van der Waals surface area contributed by atoms with Crippen LogP contribution in [-0.4, -0.2) is 52.7 Å². The number of alkyl halides is 3. The van der Waals surface area contributed by atoms with Crippen LogP contribution in [0.15, 0.2) is 54.9 Å². The van der Waals surface area contributed by atoms with Gasteiger partial charge >= 0.3 is 16.4 Å². The van der Waals surface area contributed by atoms with Crippen LogP contribution in [0.5, 0.6) is 0 Å². The Morgan fingerprint density at radius 2 is 1.77 bits per heavy atom. The lowest BCUT2D eigenvalue weighted by atomic mass is 9.64. The highest BCUT2D eigenvalue weighted by Crippen LogP contribution is 2.54. The van der Waals surface area contributed by atoms with Gasteiger partial charge in [-0.05, 0) is 37.0 Å². The molecule has 7 nitrogen and oxygen atoms in total. The van der Waals surface area contributed by atoms with Gasteiger partial charge < -0.3 is 0 Å². The van der Waals surface area contributed by atoms with Crippen molar-refractivity contribution in [3.63, 3.8) is 0 Å². The molecule has 0 radical (unpaired) electrons. The standard InChI is InChI=1S/C24H25F3N4O3S/c1-30(2)35(33,34)31-16-20(22(32)23(13-5-14-23)24(25,26)27)29-21(31)12-9-17-7-10-18(11-8-17)19-6-3-4-15-28-19/h3-4,6-8,10-11,15-16H,5,9,12-14H2,1-2H3. The maximum Gasteiger partial charge on any atom is 0.401 e. The maximum absolute atomic E-state index is 13.7. The predicted molar refractivity (Wildman–Crippen MR) is 124 cm³/mol. The minimum absolute atomic E-state index is 0.00694. The summed E-state index contributed by atoms with van der Waals surface area (Å²) in [6.07, 6.45) is -1.97. The van der Waals surface area contributed by atoms with Crippen molar-refractivity contribution in [3.05, 3.63) is 71.9 Å². The topological polar surface area (TPSA) is 85.2 Å². The Labute approximate surface area is 201 Å². The zero-order valence-electron chi connectivity index (χ0n) is 19.3. The van der Waals surface area contributed by atoms with Crippen LogP contribution >= 0.6 is 0 Å². The largest absolute Gasteiger partial charge is 0.401 e. The number of nitrogens with zero attached hydrogens (tertiary/aromatic N) is 4. The molecule has 1 fully saturated rings. The van der Waals surface area contributed by atoms with Crippen LogP contribution in [0.25, 0.3) is 11.3 Å². The summed E-state index contributed by atoms with van der Waals surface area (Å²) < 4.78 is 68.5. The highest BCUT2D eigenvalue weighted by molar-refractivity contribution is 7.87. The molecule has 2 heterocycles. The summed E-state index contributed by atoms with van der Waals surface area (Å²) in [4.78, 5) is 21.3. The number of Topliss-reactive ketones (excluding diaryl/α,β-unsaturated/α-hetero) is 1. The molecular weight excluding hydrogens is 481 g/mol. The number of ketones is 1. The van der Waals surface area contributed by atoms with Gasteiger partial charge in [0.05, 0.1) is 11.9 Å². The van der Waals surface area contributed by atoms with Gasteiger partial charge in [0.2, 0.25) is 0 Å². The predicted octanol–water partition coefficient (Wildman–Crippen LogP) is 4.30. The van der Waals surface area contributed by atoms with Crippen LogP contribution in [0.3, 0.4) is 0 Å². The molecule has 0 N–H and O–H groups in total. The van der Waals surface area contributed by atoms with Gasteiger partial charge in [0.1, 0.15) is 16.9 Å². The van der Waals surface area contributed by atoms with E-state index in [1.165, 1.54) is 14.1 Å². The van der Waals surface area contributed by atoms with Crippen LogP contribution in [0.1, 0.15) is 41.1 Å². The third-order valence-electron chi connectivity index (χ3n) is 6.42. The molecule has 1 aliphatic carbocycles. The van der Waals surface area contributed by atoms with Gasteiger partial charge in [-0.15, -0.1) is 0 Å². The Kier molecular flexibility index (Phi) is 6.58. The first-order valence-electron chi connectivity index (χ1n) is 11.1. The summed E-state index contributed by atoms with van der Waals surface area (Å²) in [6.45, 7) is 0. The molecule has 0 bridgehead atoms. The van der Waals surface area contributed by atoms with Crippen LogP contribution in [0.2, 0.25) is 0 Å². The van der Waals surface area contributed by atoms with E-state index in [2.05, 4.69) is 9.97 Å². The number of aryl methyl sites for hydroxylation is 2. The van der Waals surface area contributed by atoms with E-state index in [0.717, 1.165) is 31.3 Å². The monoisotopic (exact) mass is 506 g/mol. The van der Waals surface area contributed by atoms with Gasteiger partial charge in [-0.3, -0.25) is 9.78 Å². The van der Waals surface area contributed by atoms with Crippen LogP contribution < -0.4 is 0 Å². The van der Waals surface area contributed by atoms with Crippen molar-refractivity contribution in [3.8, 4) is 11.3 Å². The molecule has 0 unspecified atom stereocenters. The van der Waals surface area contributed by atoms with Crippen LogP contribution in [-0.2, 0) is 23.1 Å². The van der Waals surface area contributed by atoms with Crippen molar-refractivity contribution < 1.29 is 26.4 Å². The number of aromatic nitrogens is 3. The van der Waals surface area contributed by atoms with Crippen molar-refractivity contribution in [1.82, 2.24) is 18.2 Å². The lowest BCUT2D eigenvalue weighted by Crippen LogP contribution is -2.50. The highest BCUT2D eigenvalue weighted by atomic mass is 32.2. The summed E-state index contributed by atoms with van der Waals surface area (Å²) in [6, 6.07) is 13.1. The van der Waals surface area contributed by atoms with E-state index in [0.29, 0.717) is 6.42 Å². The number of benzene rings is 1. The van der Waals surface area contributed by atoms with Crippen molar-refractivity contribution in [2.45, 2.75) is 38.3 Å². The number of rotatable bonds is 8. The summed E-state index contributed by atoms with van der Waals surface area (Å²) in [5.41, 5.74) is -0.374. The smallest absolute Gasteiger partial charge is 0.291 e. The normalized spacial score (nSPS) is 15.7. The Morgan fingerprint density at radius 3 is 2.29 bits per heavy atom. The second-order valence-electron chi connectivity index (χ2n) is 8.80. The summed E-state index contributed by atoms with van der Waals surface area (Å²) in [5, 5.41) is 0. The van der Waals surface area contributed by atoms with E-state index >= 15 is 0 Å². The quantitative estimate of drug-likeness (QED) is 0.426. The van der Waals surface area contributed by atoms with E-state index in [4.69, 9.17) is 0 Å². The zero-order chi connectivity index (χ0) is 25.4. The fourth-order valence-electron chi connectivity index (χ4n) is 4.10. The van der Waals surface area contributed by atoms with E-state index < -0.39 is 33.3 Å². The summed E-state index contributed by atoms with van der Waals surface area (Å²) in [5.74, 6) is -1.17. The number of halogens is 3. The van der Waals surface area contributed by atoms with Gasteiger partial charge in [0, 0.05) is 32.3 Å². The highest BCUT2D eigenvalue weighted by Gasteiger charge is 2.63. The SMILES string of the molecule is CN(C)S(=O)(=O)n1cc(C(=O)C2(C(F)(F)F)CCC2)nc1CCc1ccc(-c2ccccn2)cc1. The molecule has 186 valence electrons. The molecule has 1 aliphatic rings. The Balaban J connectivity index is 1.61. The van der Waals surface area contributed by atoms with E-state index in [1.54, 1.807) is 6.20 Å².